The van der Waals surface area contributed by atoms with Crippen LogP contribution in [-0.2, 0) is 6.42 Å². The number of aromatic nitrogens is 3. The average molecular weight is 234 g/mol. The first-order valence-corrected chi connectivity index (χ1v) is 6.21. The Morgan fingerprint density at radius 2 is 2.25 bits per heavy atom. The highest BCUT2D eigenvalue weighted by molar-refractivity contribution is 7.09. The van der Waals surface area contributed by atoms with Gasteiger partial charge in [-0.1, -0.05) is 6.92 Å². The van der Waals surface area contributed by atoms with Crippen molar-refractivity contribution in [1.29, 1.82) is 0 Å². The lowest BCUT2D eigenvalue weighted by Crippen LogP contribution is -2.04. The molecule has 0 aliphatic heterocycles. The monoisotopic (exact) mass is 234 g/mol. The number of hydrogen-bond donors (Lipinski definition) is 1. The standard InChI is InChI=1S/C11H14N4S/c1-2-5-12-10-4-3-9(14-15-10)8-11-13-6-7-16-11/h3-4,6-7H,2,5,8H2,1H3,(H,12,15). The van der Waals surface area contributed by atoms with Crippen molar-refractivity contribution in [1.82, 2.24) is 15.2 Å². The van der Waals surface area contributed by atoms with Gasteiger partial charge in [-0.25, -0.2) is 4.98 Å². The van der Waals surface area contributed by atoms with Crippen LogP contribution in [0.1, 0.15) is 24.0 Å². The Bertz CT molecular complexity index is 410. The summed E-state index contributed by atoms with van der Waals surface area (Å²) in [6.45, 7) is 3.05. The third kappa shape index (κ3) is 3.00. The van der Waals surface area contributed by atoms with E-state index in [1.54, 1.807) is 11.3 Å². The predicted molar refractivity (Wildman–Crippen MR) is 65.7 cm³/mol. The summed E-state index contributed by atoms with van der Waals surface area (Å²) in [6.07, 6.45) is 3.66. The third-order valence-electron chi connectivity index (χ3n) is 2.09. The summed E-state index contributed by atoms with van der Waals surface area (Å²) < 4.78 is 0. The summed E-state index contributed by atoms with van der Waals surface area (Å²) in [5.41, 5.74) is 0.956. The number of thiazole rings is 1. The highest BCUT2D eigenvalue weighted by atomic mass is 32.1. The number of anilines is 1. The topological polar surface area (TPSA) is 50.7 Å². The molecule has 4 nitrogen and oxygen atoms in total. The highest BCUT2D eigenvalue weighted by Gasteiger charge is 2.01. The van der Waals surface area contributed by atoms with E-state index >= 15 is 0 Å². The van der Waals surface area contributed by atoms with Gasteiger partial charge in [-0.05, 0) is 18.6 Å². The van der Waals surface area contributed by atoms with Gasteiger partial charge in [-0.3, -0.25) is 0 Å². The van der Waals surface area contributed by atoms with Gasteiger partial charge in [0.1, 0.15) is 5.82 Å². The zero-order chi connectivity index (χ0) is 11.2. The van der Waals surface area contributed by atoms with Crippen LogP contribution in [-0.4, -0.2) is 21.7 Å². The molecule has 0 atom stereocenters. The first kappa shape index (κ1) is 11.0. The highest BCUT2D eigenvalue weighted by Crippen LogP contribution is 2.10. The summed E-state index contributed by atoms with van der Waals surface area (Å²) in [4.78, 5) is 4.22. The molecule has 84 valence electrons. The van der Waals surface area contributed by atoms with Crippen LogP contribution in [0.25, 0.3) is 0 Å². The van der Waals surface area contributed by atoms with E-state index in [0.29, 0.717) is 0 Å². The average Bonchev–Trinajstić information content (AvgIpc) is 2.81. The zero-order valence-electron chi connectivity index (χ0n) is 9.18. The van der Waals surface area contributed by atoms with Crippen molar-refractivity contribution in [2.75, 3.05) is 11.9 Å². The Balaban J connectivity index is 1.96. The lowest BCUT2D eigenvalue weighted by Gasteiger charge is -2.02. The maximum atomic E-state index is 4.22. The van der Waals surface area contributed by atoms with E-state index in [0.717, 1.165) is 35.9 Å². The van der Waals surface area contributed by atoms with Gasteiger partial charge >= 0.3 is 0 Å². The van der Waals surface area contributed by atoms with Gasteiger partial charge in [0.15, 0.2) is 0 Å². The van der Waals surface area contributed by atoms with Crippen molar-refractivity contribution < 1.29 is 0 Å². The molecule has 0 aliphatic carbocycles. The minimum absolute atomic E-state index is 0.763. The van der Waals surface area contributed by atoms with E-state index in [1.807, 2.05) is 23.7 Å². The van der Waals surface area contributed by atoms with Crippen LogP contribution < -0.4 is 5.32 Å². The normalized spacial score (nSPS) is 10.3. The van der Waals surface area contributed by atoms with Crippen molar-refractivity contribution in [2.45, 2.75) is 19.8 Å². The van der Waals surface area contributed by atoms with Gasteiger partial charge in [0.25, 0.3) is 0 Å². The fourth-order valence-corrected chi connectivity index (χ4v) is 1.93. The second-order valence-electron chi connectivity index (χ2n) is 3.44. The summed E-state index contributed by atoms with van der Waals surface area (Å²) in [5, 5.41) is 14.5. The van der Waals surface area contributed by atoms with Crippen molar-refractivity contribution in [3.05, 3.63) is 34.4 Å². The lowest BCUT2D eigenvalue weighted by molar-refractivity contribution is 0.907. The number of hydrogen-bond acceptors (Lipinski definition) is 5. The first-order chi connectivity index (χ1) is 7.88. The molecular formula is C11H14N4S. The van der Waals surface area contributed by atoms with Crippen LogP contribution in [0.4, 0.5) is 5.82 Å². The second kappa shape index (κ2) is 5.55. The molecule has 5 heteroatoms. The smallest absolute Gasteiger partial charge is 0.148 e. The number of nitrogens with one attached hydrogen (secondary N) is 1. The van der Waals surface area contributed by atoms with E-state index < -0.39 is 0 Å². The predicted octanol–water partition coefficient (Wildman–Crippen LogP) is 2.35. The van der Waals surface area contributed by atoms with Crippen molar-refractivity contribution in [3.8, 4) is 0 Å². The SMILES string of the molecule is CCCNc1ccc(Cc2nccs2)nn1. The van der Waals surface area contributed by atoms with E-state index in [4.69, 9.17) is 0 Å². The Labute approximate surface area is 98.8 Å². The maximum Gasteiger partial charge on any atom is 0.148 e. The van der Waals surface area contributed by atoms with Gasteiger partial charge in [-0.2, -0.15) is 5.10 Å². The lowest BCUT2D eigenvalue weighted by atomic mass is 10.3. The molecule has 0 bridgehead atoms. The maximum absolute atomic E-state index is 4.22. The molecular weight excluding hydrogens is 220 g/mol. The second-order valence-corrected chi connectivity index (χ2v) is 4.42. The van der Waals surface area contributed by atoms with Gasteiger partial charge < -0.3 is 5.32 Å². The molecule has 0 fully saturated rings. The minimum Gasteiger partial charge on any atom is -0.369 e. The van der Waals surface area contributed by atoms with Crippen LogP contribution in [0.3, 0.4) is 0 Å². The van der Waals surface area contributed by atoms with Crippen LogP contribution in [0, 0.1) is 0 Å². The van der Waals surface area contributed by atoms with E-state index in [-0.39, 0.29) is 0 Å². The Hall–Kier alpha value is -1.49. The van der Waals surface area contributed by atoms with Gasteiger partial charge in [0.05, 0.1) is 10.7 Å². The van der Waals surface area contributed by atoms with Crippen LogP contribution in [0.2, 0.25) is 0 Å². The molecule has 2 aromatic rings. The fourth-order valence-electron chi connectivity index (χ4n) is 1.30. The van der Waals surface area contributed by atoms with Gasteiger partial charge in [-0.15, -0.1) is 16.4 Å². The molecule has 16 heavy (non-hydrogen) atoms. The molecule has 0 unspecified atom stereocenters. The molecule has 0 aromatic carbocycles. The molecule has 0 saturated heterocycles. The molecule has 2 aromatic heterocycles. The number of rotatable bonds is 5. The molecule has 0 saturated carbocycles. The van der Waals surface area contributed by atoms with E-state index in [9.17, 15) is 0 Å². The van der Waals surface area contributed by atoms with Crippen LogP contribution >= 0.6 is 11.3 Å². The van der Waals surface area contributed by atoms with Gasteiger partial charge in [0, 0.05) is 24.5 Å². The van der Waals surface area contributed by atoms with Crippen molar-refractivity contribution in [3.63, 3.8) is 0 Å². The van der Waals surface area contributed by atoms with E-state index in [1.165, 1.54) is 0 Å². The Kier molecular flexibility index (Phi) is 3.82. The first-order valence-electron chi connectivity index (χ1n) is 5.33. The molecule has 2 heterocycles. The summed E-state index contributed by atoms with van der Waals surface area (Å²) >= 11 is 1.64. The van der Waals surface area contributed by atoms with Crippen LogP contribution in [0.15, 0.2) is 23.7 Å². The largest absolute Gasteiger partial charge is 0.369 e. The summed E-state index contributed by atoms with van der Waals surface area (Å²) in [5.74, 6) is 0.838. The van der Waals surface area contributed by atoms with Crippen molar-refractivity contribution >= 4 is 17.2 Å². The molecule has 2 rings (SSSR count). The minimum atomic E-state index is 0.763. The zero-order valence-corrected chi connectivity index (χ0v) is 10.00. The molecule has 0 spiro atoms. The Morgan fingerprint density at radius 3 is 2.88 bits per heavy atom. The summed E-state index contributed by atoms with van der Waals surface area (Å²) in [6, 6.07) is 3.96. The molecule has 0 amide bonds. The van der Waals surface area contributed by atoms with Crippen molar-refractivity contribution in [2.24, 2.45) is 0 Å². The molecule has 0 radical (unpaired) electrons. The van der Waals surface area contributed by atoms with Gasteiger partial charge in [0.2, 0.25) is 0 Å². The number of nitrogens with zero attached hydrogens (tertiary/aromatic N) is 3. The fraction of sp³-hybridized carbons (Fsp3) is 0.364. The quantitative estimate of drug-likeness (QED) is 0.862. The third-order valence-corrected chi connectivity index (χ3v) is 2.87. The van der Waals surface area contributed by atoms with E-state index in [2.05, 4.69) is 27.4 Å². The van der Waals surface area contributed by atoms with Crippen LogP contribution in [0.5, 0.6) is 0 Å². The Morgan fingerprint density at radius 1 is 1.31 bits per heavy atom. The molecule has 1 N–H and O–H groups in total. The molecule has 0 aliphatic rings. The summed E-state index contributed by atoms with van der Waals surface area (Å²) in [7, 11) is 0.